The van der Waals surface area contributed by atoms with Crippen molar-refractivity contribution in [1.29, 1.82) is 0 Å². The van der Waals surface area contributed by atoms with Gasteiger partial charge in [0.2, 0.25) is 0 Å². The first-order valence-corrected chi connectivity index (χ1v) is 9.17. The van der Waals surface area contributed by atoms with Crippen LogP contribution in [0.1, 0.15) is 27.7 Å². The molecule has 1 saturated heterocycles. The van der Waals surface area contributed by atoms with Crippen molar-refractivity contribution in [2.75, 3.05) is 18.0 Å². The Morgan fingerprint density at radius 3 is 2.18 bits per heavy atom. The highest BCUT2D eigenvalue weighted by Crippen LogP contribution is 2.33. The zero-order valence-electron chi connectivity index (χ0n) is 16.3. The summed E-state index contributed by atoms with van der Waals surface area (Å²) in [5, 5.41) is 14.0. The van der Waals surface area contributed by atoms with Crippen molar-refractivity contribution in [3.63, 3.8) is 0 Å². The molecule has 1 aliphatic rings. The molecule has 2 aromatic carbocycles. The van der Waals surface area contributed by atoms with E-state index in [0.717, 1.165) is 24.8 Å². The quantitative estimate of drug-likeness (QED) is 0.708. The van der Waals surface area contributed by atoms with E-state index in [-0.39, 0.29) is 22.1 Å². The van der Waals surface area contributed by atoms with Crippen LogP contribution in [-0.4, -0.2) is 39.2 Å². The van der Waals surface area contributed by atoms with Crippen LogP contribution in [0.25, 0.3) is 16.6 Å². The summed E-state index contributed by atoms with van der Waals surface area (Å²) in [6, 6.07) is 8.63. The van der Waals surface area contributed by atoms with E-state index in [4.69, 9.17) is 4.74 Å². The molecule has 0 aliphatic carbocycles. The Kier molecular flexibility index (Phi) is 4.12. The van der Waals surface area contributed by atoms with Gasteiger partial charge in [-0.3, -0.25) is 0 Å². The molecule has 28 heavy (non-hydrogen) atoms. The van der Waals surface area contributed by atoms with Crippen molar-refractivity contribution in [3.8, 4) is 11.4 Å². The van der Waals surface area contributed by atoms with Crippen molar-refractivity contribution in [1.82, 2.24) is 9.78 Å². The summed E-state index contributed by atoms with van der Waals surface area (Å²) < 4.78 is 35.5. The Labute approximate surface area is 162 Å². The number of morpholine rings is 1. The monoisotopic (exact) mass is 387 g/mol. The van der Waals surface area contributed by atoms with Crippen LogP contribution in [-0.2, 0) is 4.74 Å². The van der Waals surface area contributed by atoms with Gasteiger partial charge in [-0.1, -0.05) is 0 Å². The van der Waals surface area contributed by atoms with Crippen molar-refractivity contribution in [2.45, 2.75) is 38.9 Å². The van der Waals surface area contributed by atoms with E-state index in [9.17, 15) is 13.9 Å². The lowest BCUT2D eigenvalue weighted by atomic mass is 9.98. The molecular weight excluding hydrogens is 364 g/mol. The first-order chi connectivity index (χ1) is 13.1. The van der Waals surface area contributed by atoms with Crippen molar-refractivity contribution < 1.29 is 18.6 Å². The number of ether oxygens (including phenoxy) is 1. The molecule has 0 bridgehead atoms. The second-order valence-corrected chi connectivity index (χ2v) is 8.51. The smallest absolute Gasteiger partial charge is 0.194 e. The molecule has 148 valence electrons. The minimum Gasteiger partial charge on any atom is -0.503 e. The summed E-state index contributed by atoms with van der Waals surface area (Å²) in [6.45, 7) is 9.78. The molecule has 0 saturated carbocycles. The number of phenolic OH excluding ortho intramolecular Hbond substituents is 1. The van der Waals surface area contributed by atoms with Crippen LogP contribution in [0.4, 0.5) is 14.5 Å². The molecule has 2 heterocycles. The van der Waals surface area contributed by atoms with E-state index in [1.54, 1.807) is 0 Å². The molecule has 0 atom stereocenters. The van der Waals surface area contributed by atoms with Gasteiger partial charge < -0.3 is 14.7 Å². The number of phenols is 1. The summed E-state index contributed by atoms with van der Waals surface area (Å²) in [7, 11) is 0. The van der Waals surface area contributed by atoms with Crippen LogP contribution in [0.15, 0.2) is 36.5 Å². The number of anilines is 1. The molecule has 5 nitrogen and oxygen atoms in total. The summed E-state index contributed by atoms with van der Waals surface area (Å²) in [5.74, 6) is -3.02. The first-order valence-electron chi connectivity index (χ1n) is 9.17. The first kappa shape index (κ1) is 18.7. The number of aromatic hydroxyl groups is 1. The lowest BCUT2D eigenvalue weighted by Gasteiger charge is -2.48. The van der Waals surface area contributed by atoms with E-state index < -0.39 is 17.4 Å². The van der Waals surface area contributed by atoms with Crippen LogP contribution in [0, 0.1) is 11.6 Å². The summed E-state index contributed by atoms with van der Waals surface area (Å²) in [4.78, 5) is 2.26. The number of hydrogen-bond donors (Lipinski definition) is 1. The zero-order valence-corrected chi connectivity index (χ0v) is 16.3. The summed E-state index contributed by atoms with van der Waals surface area (Å²) in [6.07, 6.45) is 1.38. The van der Waals surface area contributed by atoms with Crippen LogP contribution in [0.5, 0.6) is 5.75 Å². The van der Waals surface area contributed by atoms with Crippen molar-refractivity contribution in [3.05, 3.63) is 48.2 Å². The third-order valence-electron chi connectivity index (χ3n) is 4.88. The fraction of sp³-hybridized carbons (Fsp3) is 0.381. The van der Waals surface area contributed by atoms with Crippen molar-refractivity contribution >= 4 is 16.6 Å². The number of fused-ring (bicyclic) bond motifs is 1. The normalized spacial score (nSPS) is 18.6. The van der Waals surface area contributed by atoms with Gasteiger partial charge in [0.05, 0.1) is 23.1 Å². The lowest BCUT2D eigenvalue weighted by molar-refractivity contribution is -0.133. The number of nitrogens with zero attached hydrogens (tertiary/aromatic N) is 3. The van der Waals surface area contributed by atoms with E-state index in [1.165, 1.54) is 10.9 Å². The Morgan fingerprint density at radius 1 is 1.00 bits per heavy atom. The number of aromatic nitrogens is 2. The second kappa shape index (κ2) is 6.17. The Hall–Kier alpha value is -2.67. The molecule has 0 amide bonds. The van der Waals surface area contributed by atoms with Gasteiger partial charge in [-0.15, -0.1) is 0 Å². The largest absolute Gasteiger partial charge is 0.503 e. The minimum absolute atomic E-state index is 0.0419. The van der Waals surface area contributed by atoms with E-state index in [2.05, 4.69) is 37.7 Å². The van der Waals surface area contributed by atoms with Gasteiger partial charge in [0.15, 0.2) is 17.4 Å². The van der Waals surface area contributed by atoms with E-state index in [1.807, 2.05) is 24.3 Å². The maximum atomic E-state index is 14.4. The highest BCUT2D eigenvalue weighted by Gasteiger charge is 2.38. The van der Waals surface area contributed by atoms with E-state index >= 15 is 0 Å². The molecular formula is C21H23F2N3O2. The van der Waals surface area contributed by atoms with Gasteiger partial charge in [0.1, 0.15) is 5.52 Å². The highest BCUT2D eigenvalue weighted by molar-refractivity contribution is 5.82. The zero-order chi connectivity index (χ0) is 20.3. The molecule has 0 unspecified atom stereocenters. The number of benzene rings is 2. The molecule has 3 aromatic rings. The maximum Gasteiger partial charge on any atom is 0.194 e. The maximum absolute atomic E-state index is 14.4. The van der Waals surface area contributed by atoms with Gasteiger partial charge in [0.25, 0.3) is 0 Å². The summed E-state index contributed by atoms with van der Waals surface area (Å²) >= 11 is 0. The number of hydrogen-bond acceptors (Lipinski definition) is 4. The van der Waals surface area contributed by atoms with Gasteiger partial charge in [0, 0.05) is 24.2 Å². The topological polar surface area (TPSA) is 50.5 Å². The third kappa shape index (κ3) is 3.20. The standard InChI is InChI=1S/C21H23F2N3O2/c1-20(2)11-25(12-21(3,4)28-20)14-5-7-15(8-6-14)26-18-13(10-24-26)9-16(22)19(27)17(18)23/h5-10,27H,11-12H2,1-4H3. The fourth-order valence-electron chi connectivity index (χ4n) is 4.08. The molecule has 7 heteroatoms. The Morgan fingerprint density at radius 2 is 1.57 bits per heavy atom. The number of halogens is 2. The summed E-state index contributed by atoms with van der Waals surface area (Å²) in [5.41, 5.74) is 1.14. The van der Waals surface area contributed by atoms with Gasteiger partial charge in [-0.2, -0.15) is 5.10 Å². The fourth-order valence-corrected chi connectivity index (χ4v) is 4.08. The molecule has 1 fully saturated rings. The predicted octanol–water partition coefficient (Wildman–Crippen LogP) is 4.40. The molecule has 1 N–H and O–H groups in total. The third-order valence-corrected chi connectivity index (χ3v) is 4.88. The SMILES string of the molecule is CC1(C)CN(c2ccc(-n3ncc4cc(F)c(O)c(F)c43)cc2)CC(C)(C)O1. The average molecular weight is 387 g/mol. The van der Waals surface area contributed by atoms with Gasteiger partial charge in [-0.25, -0.2) is 13.5 Å². The van der Waals surface area contributed by atoms with E-state index in [0.29, 0.717) is 5.69 Å². The molecule has 0 spiro atoms. The van der Waals surface area contributed by atoms with Gasteiger partial charge in [-0.05, 0) is 58.0 Å². The van der Waals surface area contributed by atoms with Crippen LogP contribution in [0.3, 0.4) is 0 Å². The van der Waals surface area contributed by atoms with Crippen molar-refractivity contribution in [2.24, 2.45) is 0 Å². The average Bonchev–Trinajstić information content (AvgIpc) is 3.01. The highest BCUT2D eigenvalue weighted by atomic mass is 19.1. The predicted molar refractivity (Wildman–Crippen MR) is 104 cm³/mol. The van der Waals surface area contributed by atoms with Crippen LogP contribution < -0.4 is 4.90 Å². The molecule has 4 rings (SSSR count). The Balaban J connectivity index is 1.70. The molecule has 0 radical (unpaired) electrons. The molecule has 1 aliphatic heterocycles. The Bertz CT molecular complexity index is 1030. The number of rotatable bonds is 2. The van der Waals surface area contributed by atoms with Crippen LogP contribution in [0.2, 0.25) is 0 Å². The molecule has 1 aromatic heterocycles. The van der Waals surface area contributed by atoms with Gasteiger partial charge >= 0.3 is 0 Å². The lowest BCUT2D eigenvalue weighted by Crippen LogP contribution is -2.57. The second-order valence-electron chi connectivity index (χ2n) is 8.51. The minimum atomic E-state index is -1.02. The van der Waals surface area contributed by atoms with Crippen LogP contribution >= 0.6 is 0 Å².